The maximum absolute atomic E-state index is 11.2. The van der Waals surface area contributed by atoms with Crippen molar-refractivity contribution in [2.45, 2.75) is 59.5 Å². The number of benzene rings is 3. The fraction of sp³-hybridized carbons (Fsp3) is 0.344. The van der Waals surface area contributed by atoms with Gasteiger partial charge in [-0.3, -0.25) is 0 Å². The average molecular weight is 486 g/mol. The molecule has 0 fully saturated rings. The number of aromatic carboxylic acids is 1. The van der Waals surface area contributed by atoms with Crippen molar-refractivity contribution in [1.29, 1.82) is 0 Å². The fourth-order valence-electron chi connectivity index (χ4n) is 4.11. The van der Waals surface area contributed by atoms with Crippen molar-refractivity contribution in [2.24, 2.45) is 5.92 Å². The average Bonchev–Trinajstić information content (AvgIpc) is 2.82. The minimum absolute atomic E-state index is 0.133. The molecule has 4 heteroatoms. The summed E-state index contributed by atoms with van der Waals surface area (Å²) in [7, 11) is 0. The van der Waals surface area contributed by atoms with E-state index in [9.17, 15) is 9.90 Å². The Balaban J connectivity index is 2.05. The molecule has 3 aromatic carbocycles. The van der Waals surface area contributed by atoms with Crippen molar-refractivity contribution >= 4 is 17.7 Å². The van der Waals surface area contributed by atoms with Crippen LogP contribution in [0.5, 0.6) is 0 Å². The first kappa shape index (κ1) is 27.2. The van der Waals surface area contributed by atoms with Gasteiger partial charge >= 0.3 is 5.97 Å². The lowest BCUT2D eigenvalue weighted by molar-refractivity contribution is 0.0697. The van der Waals surface area contributed by atoms with Gasteiger partial charge < -0.3 is 15.5 Å². The number of aliphatic hydroxyl groups is 1. The van der Waals surface area contributed by atoms with Crippen LogP contribution in [0.25, 0.3) is 17.2 Å². The molecular formula is C32H39NO3. The molecular weight excluding hydrogens is 446 g/mol. The lowest BCUT2D eigenvalue weighted by Crippen LogP contribution is -2.18. The van der Waals surface area contributed by atoms with Gasteiger partial charge in [0, 0.05) is 17.8 Å². The number of hydrogen-bond donors (Lipinski definition) is 3. The van der Waals surface area contributed by atoms with Gasteiger partial charge in [-0.05, 0) is 65.1 Å². The minimum atomic E-state index is -0.953. The highest BCUT2D eigenvalue weighted by Gasteiger charge is 2.23. The highest BCUT2D eigenvalue weighted by Crippen LogP contribution is 2.40. The lowest BCUT2D eigenvalue weighted by Gasteiger charge is -2.28. The number of nitrogens with one attached hydrogen (secondary N) is 1. The van der Waals surface area contributed by atoms with Crippen LogP contribution in [-0.2, 0) is 5.41 Å². The Bertz CT molecular complexity index is 1200. The van der Waals surface area contributed by atoms with E-state index in [4.69, 9.17) is 5.11 Å². The Hall–Kier alpha value is -3.37. The molecule has 36 heavy (non-hydrogen) atoms. The van der Waals surface area contributed by atoms with E-state index in [1.54, 1.807) is 30.3 Å². The molecule has 0 bridgehead atoms. The molecule has 0 aromatic heterocycles. The summed E-state index contributed by atoms with van der Waals surface area (Å²) in [5.41, 5.74) is 7.45. The predicted octanol–water partition coefficient (Wildman–Crippen LogP) is 7.86. The third-order valence-corrected chi connectivity index (χ3v) is 6.32. The number of rotatable bonds is 9. The van der Waals surface area contributed by atoms with E-state index in [0.29, 0.717) is 5.92 Å². The zero-order valence-corrected chi connectivity index (χ0v) is 22.3. The number of carboxylic acid groups (broad SMARTS) is 1. The summed E-state index contributed by atoms with van der Waals surface area (Å²) in [4.78, 5) is 11.1. The summed E-state index contributed by atoms with van der Waals surface area (Å²) in [5.74, 6) is -0.347. The maximum Gasteiger partial charge on any atom is 0.335 e. The smallest absolute Gasteiger partial charge is 0.335 e. The number of carbonyl (C=O) groups is 1. The number of hydrogen-bond acceptors (Lipinski definition) is 3. The number of anilines is 1. The third-order valence-electron chi connectivity index (χ3n) is 6.32. The van der Waals surface area contributed by atoms with Crippen molar-refractivity contribution in [3.05, 3.63) is 94.6 Å². The van der Waals surface area contributed by atoms with Gasteiger partial charge in [0.05, 0.1) is 11.7 Å². The summed E-state index contributed by atoms with van der Waals surface area (Å²) < 4.78 is 0. The zero-order valence-electron chi connectivity index (χ0n) is 22.3. The summed E-state index contributed by atoms with van der Waals surface area (Å²) in [6, 6.07) is 19.3. The maximum atomic E-state index is 11.2. The first-order chi connectivity index (χ1) is 17.0. The molecule has 1 unspecified atom stereocenters. The SMILES string of the molecule is Cc1ccc(-c2cc(C(O)C=Cc3ccc(C(=O)O)cc3)cc(C(C)(C)C)c2NCCC(C)C)cc1. The largest absolute Gasteiger partial charge is 0.478 e. The second-order valence-electron chi connectivity index (χ2n) is 10.9. The quantitative estimate of drug-likeness (QED) is 0.288. The van der Waals surface area contributed by atoms with E-state index in [1.807, 2.05) is 6.08 Å². The lowest BCUT2D eigenvalue weighted by atomic mass is 9.81. The normalized spacial score (nSPS) is 12.8. The van der Waals surface area contributed by atoms with Crippen LogP contribution in [0.15, 0.2) is 66.7 Å². The summed E-state index contributed by atoms with van der Waals surface area (Å²) in [6.45, 7) is 14.0. The molecule has 0 spiro atoms. The molecule has 3 N–H and O–H groups in total. The first-order valence-corrected chi connectivity index (χ1v) is 12.6. The second kappa shape index (κ2) is 11.6. The molecule has 0 aliphatic carbocycles. The summed E-state index contributed by atoms with van der Waals surface area (Å²) in [6.07, 6.45) is 3.85. The highest BCUT2D eigenvalue weighted by molar-refractivity contribution is 5.87. The first-order valence-electron chi connectivity index (χ1n) is 12.6. The van der Waals surface area contributed by atoms with Crippen LogP contribution in [0.3, 0.4) is 0 Å². The van der Waals surface area contributed by atoms with Gasteiger partial charge in [-0.15, -0.1) is 0 Å². The minimum Gasteiger partial charge on any atom is -0.478 e. The van der Waals surface area contributed by atoms with Gasteiger partial charge in [-0.1, -0.05) is 94.8 Å². The van der Waals surface area contributed by atoms with E-state index in [2.05, 4.69) is 83.3 Å². The third kappa shape index (κ3) is 7.08. The molecule has 0 amide bonds. The highest BCUT2D eigenvalue weighted by atomic mass is 16.4. The van der Waals surface area contributed by atoms with Crippen LogP contribution in [0, 0.1) is 12.8 Å². The van der Waals surface area contributed by atoms with Crippen molar-refractivity contribution in [3.63, 3.8) is 0 Å². The van der Waals surface area contributed by atoms with Gasteiger partial charge in [0.2, 0.25) is 0 Å². The van der Waals surface area contributed by atoms with Gasteiger partial charge in [0.1, 0.15) is 0 Å². The van der Waals surface area contributed by atoms with Crippen molar-refractivity contribution in [2.75, 3.05) is 11.9 Å². The summed E-state index contributed by atoms with van der Waals surface area (Å²) >= 11 is 0. The van der Waals surface area contributed by atoms with E-state index in [0.717, 1.165) is 46.5 Å². The van der Waals surface area contributed by atoms with Gasteiger partial charge in [-0.25, -0.2) is 4.79 Å². The Kier molecular flexibility index (Phi) is 8.75. The Morgan fingerprint density at radius 3 is 2.19 bits per heavy atom. The molecule has 190 valence electrons. The number of aliphatic hydroxyl groups excluding tert-OH is 1. The van der Waals surface area contributed by atoms with Crippen LogP contribution in [-0.4, -0.2) is 22.7 Å². The molecule has 3 aromatic rings. The van der Waals surface area contributed by atoms with Crippen molar-refractivity contribution in [1.82, 2.24) is 0 Å². The molecule has 0 aliphatic heterocycles. The molecule has 4 nitrogen and oxygen atoms in total. The van der Waals surface area contributed by atoms with Crippen LogP contribution >= 0.6 is 0 Å². The van der Waals surface area contributed by atoms with E-state index in [-0.39, 0.29) is 11.0 Å². The van der Waals surface area contributed by atoms with Gasteiger partial charge in [-0.2, -0.15) is 0 Å². The molecule has 0 aliphatic rings. The number of aryl methyl sites for hydroxylation is 1. The topological polar surface area (TPSA) is 69.6 Å². The monoisotopic (exact) mass is 485 g/mol. The standard InChI is InChI=1S/C32H39NO3/c1-21(2)17-18-33-30-27(24-12-7-22(3)8-13-24)19-26(20-28(30)32(4,5)6)29(34)16-11-23-9-14-25(15-10-23)31(35)36/h7-16,19-21,29,33-34H,17-18H2,1-6H3,(H,35,36). The Morgan fingerprint density at radius 2 is 1.64 bits per heavy atom. The van der Waals surface area contributed by atoms with Crippen LogP contribution in [0.4, 0.5) is 5.69 Å². The second-order valence-corrected chi connectivity index (χ2v) is 10.9. The molecule has 1 atom stereocenters. The molecule has 0 heterocycles. The van der Waals surface area contributed by atoms with Crippen LogP contribution < -0.4 is 5.32 Å². The molecule has 0 saturated heterocycles. The van der Waals surface area contributed by atoms with Gasteiger partial charge in [0.15, 0.2) is 0 Å². The van der Waals surface area contributed by atoms with E-state index >= 15 is 0 Å². The van der Waals surface area contributed by atoms with Gasteiger partial charge in [0.25, 0.3) is 0 Å². The molecule has 3 rings (SSSR count). The Labute approximate surface area is 215 Å². The zero-order chi connectivity index (χ0) is 26.5. The Morgan fingerprint density at radius 1 is 1.00 bits per heavy atom. The van der Waals surface area contributed by atoms with E-state index in [1.165, 1.54) is 5.56 Å². The van der Waals surface area contributed by atoms with Crippen molar-refractivity contribution in [3.8, 4) is 11.1 Å². The molecule has 0 radical (unpaired) electrons. The van der Waals surface area contributed by atoms with Crippen LogP contribution in [0.1, 0.15) is 79.8 Å². The van der Waals surface area contributed by atoms with E-state index < -0.39 is 12.1 Å². The number of carboxylic acids is 1. The summed E-state index contributed by atoms with van der Waals surface area (Å²) in [5, 5.41) is 24.0. The van der Waals surface area contributed by atoms with Crippen LogP contribution in [0.2, 0.25) is 0 Å². The van der Waals surface area contributed by atoms with Crippen molar-refractivity contribution < 1.29 is 15.0 Å². The molecule has 0 saturated carbocycles. The predicted molar refractivity (Wildman–Crippen MR) is 151 cm³/mol. The fourth-order valence-corrected chi connectivity index (χ4v) is 4.11.